The normalized spacial score (nSPS) is 21.1. The molecule has 1 saturated heterocycles. The number of rotatable bonds is 2. The summed E-state index contributed by atoms with van der Waals surface area (Å²) in [5.41, 5.74) is 7.02. The summed E-state index contributed by atoms with van der Waals surface area (Å²) in [6, 6.07) is 4.46. The Bertz CT molecular complexity index is 584. The molecule has 2 N–H and O–H groups in total. The van der Waals surface area contributed by atoms with Crippen LogP contribution in [0.15, 0.2) is 18.2 Å². The minimum absolute atomic E-state index is 0.0584. The van der Waals surface area contributed by atoms with E-state index in [0.717, 1.165) is 12.0 Å². The number of carbonyl (C=O) groups is 1. The molecule has 1 amide bonds. The minimum Gasteiger partial charge on any atom is -0.338 e. The second kappa shape index (κ2) is 5.44. The van der Waals surface area contributed by atoms with Gasteiger partial charge in [0.2, 0.25) is 0 Å². The van der Waals surface area contributed by atoms with E-state index in [1.54, 1.807) is 17.9 Å². The van der Waals surface area contributed by atoms with Crippen molar-refractivity contribution in [2.75, 3.05) is 13.1 Å². The Balaban J connectivity index is 2.28. The van der Waals surface area contributed by atoms with Gasteiger partial charge in [0.1, 0.15) is 0 Å². The maximum absolute atomic E-state index is 12.7. The summed E-state index contributed by atoms with van der Waals surface area (Å²) in [7, 11) is 0. The fourth-order valence-corrected chi connectivity index (χ4v) is 2.67. The Hall–Kier alpha value is -1.95. The summed E-state index contributed by atoms with van der Waals surface area (Å²) in [4.78, 5) is 24.8. The van der Waals surface area contributed by atoms with Crippen LogP contribution >= 0.6 is 0 Å². The Kier molecular flexibility index (Phi) is 4.00. The zero-order valence-corrected chi connectivity index (χ0v) is 12.6. The van der Waals surface area contributed by atoms with Crippen molar-refractivity contribution in [3.05, 3.63) is 39.4 Å². The smallest absolute Gasteiger partial charge is 0.270 e. The number of carbonyl (C=O) groups excluding carboxylic acids is 1. The van der Waals surface area contributed by atoms with E-state index in [0.29, 0.717) is 18.7 Å². The highest BCUT2D eigenvalue weighted by Gasteiger charge is 2.36. The number of nitro benzene ring substituents is 1. The summed E-state index contributed by atoms with van der Waals surface area (Å²) >= 11 is 0. The van der Waals surface area contributed by atoms with Crippen molar-refractivity contribution in [1.82, 2.24) is 4.90 Å². The largest absolute Gasteiger partial charge is 0.338 e. The number of nitrogens with zero attached hydrogens (tertiary/aromatic N) is 2. The number of aryl methyl sites for hydroxylation is 1. The van der Waals surface area contributed by atoms with Crippen molar-refractivity contribution < 1.29 is 9.72 Å². The highest BCUT2D eigenvalue weighted by Crippen LogP contribution is 2.29. The maximum Gasteiger partial charge on any atom is 0.270 e. The number of non-ortho nitro benzene ring substituents is 1. The molecule has 114 valence electrons. The molecule has 0 bridgehead atoms. The second-order valence-electron chi connectivity index (χ2n) is 6.37. The second-order valence-corrected chi connectivity index (χ2v) is 6.37. The third-order valence-corrected chi connectivity index (χ3v) is 4.26. The zero-order chi connectivity index (χ0) is 15.8. The molecule has 1 unspecified atom stereocenters. The van der Waals surface area contributed by atoms with Crippen LogP contribution in [0, 0.1) is 22.5 Å². The van der Waals surface area contributed by atoms with Gasteiger partial charge in [-0.2, -0.15) is 0 Å². The van der Waals surface area contributed by atoms with Crippen LogP contribution in [0.4, 0.5) is 5.69 Å². The molecule has 1 heterocycles. The molecule has 6 heteroatoms. The number of likely N-dealkylation sites (tertiary alicyclic amines) is 1. The van der Waals surface area contributed by atoms with E-state index in [4.69, 9.17) is 5.73 Å². The van der Waals surface area contributed by atoms with Gasteiger partial charge in [0.25, 0.3) is 11.6 Å². The number of nitrogens with two attached hydrogens (primary N) is 1. The van der Waals surface area contributed by atoms with Crippen molar-refractivity contribution in [1.29, 1.82) is 0 Å². The quantitative estimate of drug-likeness (QED) is 0.667. The number of hydrogen-bond donors (Lipinski definition) is 1. The molecule has 1 aromatic carbocycles. The van der Waals surface area contributed by atoms with Crippen LogP contribution in [-0.4, -0.2) is 34.9 Å². The lowest BCUT2D eigenvalue weighted by Crippen LogP contribution is -2.54. The Morgan fingerprint density at radius 1 is 1.48 bits per heavy atom. The van der Waals surface area contributed by atoms with Gasteiger partial charge in [-0.05, 0) is 24.3 Å². The summed E-state index contributed by atoms with van der Waals surface area (Å²) in [6.07, 6.45) is 0.743. The monoisotopic (exact) mass is 291 g/mol. The molecule has 0 spiro atoms. The van der Waals surface area contributed by atoms with Gasteiger partial charge in [0, 0.05) is 36.8 Å². The van der Waals surface area contributed by atoms with Crippen molar-refractivity contribution in [3.63, 3.8) is 0 Å². The molecule has 0 aromatic heterocycles. The summed E-state index contributed by atoms with van der Waals surface area (Å²) in [5, 5.41) is 10.9. The number of piperidine rings is 1. The third-order valence-electron chi connectivity index (χ3n) is 4.26. The van der Waals surface area contributed by atoms with Crippen LogP contribution in [0.2, 0.25) is 0 Å². The number of amides is 1. The number of nitro groups is 1. The van der Waals surface area contributed by atoms with Crippen molar-refractivity contribution in [2.45, 2.75) is 33.2 Å². The van der Waals surface area contributed by atoms with E-state index in [9.17, 15) is 14.9 Å². The molecule has 1 fully saturated rings. The molecule has 1 aliphatic rings. The molecular formula is C15H21N3O3. The molecule has 0 saturated carbocycles. The van der Waals surface area contributed by atoms with Crippen LogP contribution < -0.4 is 5.73 Å². The molecule has 1 atom stereocenters. The van der Waals surface area contributed by atoms with Gasteiger partial charge in [-0.15, -0.1) is 0 Å². The lowest BCUT2D eigenvalue weighted by molar-refractivity contribution is -0.384. The van der Waals surface area contributed by atoms with Crippen LogP contribution in [0.25, 0.3) is 0 Å². The molecule has 0 aliphatic carbocycles. The average molecular weight is 291 g/mol. The van der Waals surface area contributed by atoms with E-state index in [-0.39, 0.29) is 23.1 Å². The lowest BCUT2D eigenvalue weighted by Gasteiger charge is -2.42. The van der Waals surface area contributed by atoms with Gasteiger partial charge >= 0.3 is 0 Å². The van der Waals surface area contributed by atoms with Gasteiger partial charge < -0.3 is 10.6 Å². The minimum atomic E-state index is -0.480. The van der Waals surface area contributed by atoms with Gasteiger partial charge in [0.15, 0.2) is 0 Å². The predicted octanol–water partition coefficient (Wildman–Crippen LogP) is 2.10. The Morgan fingerprint density at radius 2 is 2.14 bits per heavy atom. The van der Waals surface area contributed by atoms with E-state index >= 15 is 0 Å². The molecule has 0 radical (unpaired) electrons. The lowest BCUT2D eigenvalue weighted by atomic mass is 9.79. The first-order chi connectivity index (χ1) is 9.72. The van der Waals surface area contributed by atoms with Crippen molar-refractivity contribution >= 4 is 11.6 Å². The predicted molar refractivity (Wildman–Crippen MR) is 80.1 cm³/mol. The van der Waals surface area contributed by atoms with Crippen molar-refractivity contribution in [2.24, 2.45) is 11.1 Å². The summed E-state index contributed by atoms with van der Waals surface area (Å²) < 4.78 is 0. The topological polar surface area (TPSA) is 89.5 Å². The fourth-order valence-electron chi connectivity index (χ4n) is 2.67. The van der Waals surface area contributed by atoms with E-state index in [2.05, 4.69) is 0 Å². The number of hydrogen-bond acceptors (Lipinski definition) is 4. The van der Waals surface area contributed by atoms with Crippen LogP contribution in [0.5, 0.6) is 0 Å². The van der Waals surface area contributed by atoms with E-state index in [1.165, 1.54) is 12.1 Å². The molecule has 2 rings (SSSR count). The van der Waals surface area contributed by atoms with Gasteiger partial charge in [-0.1, -0.05) is 19.9 Å². The number of benzene rings is 1. The zero-order valence-electron chi connectivity index (χ0n) is 12.6. The van der Waals surface area contributed by atoms with Gasteiger partial charge in [0.05, 0.1) is 4.92 Å². The molecular weight excluding hydrogens is 270 g/mol. The van der Waals surface area contributed by atoms with Crippen LogP contribution in [0.1, 0.15) is 36.2 Å². The Labute approximate surface area is 124 Å². The molecule has 1 aromatic rings. The first-order valence-electron chi connectivity index (χ1n) is 7.02. The first kappa shape index (κ1) is 15.4. The van der Waals surface area contributed by atoms with Crippen LogP contribution in [-0.2, 0) is 0 Å². The third kappa shape index (κ3) is 3.05. The van der Waals surface area contributed by atoms with Crippen molar-refractivity contribution in [3.8, 4) is 0 Å². The fraction of sp³-hybridized carbons (Fsp3) is 0.533. The maximum atomic E-state index is 12.7. The summed E-state index contributed by atoms with van der Waals surface area (Å²) in [6.45, 7) is 7.02. The standard InChI is InChI=1S/C15H21N3O3/c1-10-4-5-11(18(20)21)8-12(10)14(19)17-7-6-13(16)15(2,3)9-17/h4-5,8,13H,6-7,9,16H2,1-3H3. The average Bonchev–Trinajstić information content (AvgIpc) is 2.41. The molecule has 21 heavy (non-hydrogen) atoms. The summed E-state index contributed by atoms with van der Waals surface area (Å²) in [5.74, 6) is -0.156. The van der Waals surface area contributed by atoms with Gasteiger partial charge in [-0.3, -0.25) is 14.9 Å². The highest BCUT2D eigenvalue weighted by molar-refractivity contribution is 5.96. The molecule has 6 nitrogen and oxygen atoms in total. The van der Waals surface area contributed by atoms with E-state index in [1.807, 2.05) is 13.8 Å². The van der Waals surface area contributed by atoms with E-state index < -0.39 is 4.92 Å². The first-order valence-corrected chi connectivity index (χ1v) is 7.02. The molecule has 1 aliphatic heterocycles. The van der Waals surface area contributed by atoms with Gasteiger partial charge in [-0.25, -0.2) is 0 Å². The Morgan fingerprint density at radius 3 is 2.71 bits per heavy atom. The highest BCUT2D eigenvalue weighted by atomic mass is 16.6. The SMILES string of the molecule is Cc1ccc([N+](=O)[O-])cc1C(=O)N1CCC(N)C(C)(C)C1. The van der Waals surface area contributed by atoms with Crippen LogP contribution in [0.3, 0.4) is 0 Å².